The van der Waals surface area contributed by atoms with Crippen molar-refractivity contribution >= 4 is 34.7 Å². The molecule has 1 aliphatic heterocycles. The van der Waals surface area contributed by atoms with Crippen molar-refractivity contribution in [2.75, 3.05) is 12.4 Å². The third-order valence-electron chi connectivity index (χ3n) is 5.33. The number of carbonyl (C=O) groups excluding carboxylic acids is 2. The number of amides is 2. The average Bonchev–Trinajstić information content (AvgIpc) is 3.40. The largest absolute Gasteiger partial charge is 0.573 e. The second-order valence-electron chi connectivity index (χ2n) is 7.87. The summed E-state index contributed by atoms with van der Waals surface area (Å²) in [6.07, 6.45) is -6.01. The van der Waals surface area contributed by atoms with Crippen molar-refractivity contribution in [3.05, 3.63) is 76.0 Å². The summed E-state index contributed by atoms with van der Waals surface area (Å²) in [4.78, 5) is 25.4. The van der Waals surface area contributed by atoms with Crippen molar-refractivity contribution in [2.24, 2.45) is 5.10 Å². The number of ether oxygens (including phenoxy) is 3. The highest BCUT2D eigenvalue weighted by Gasteiger charge is 2.34. The number of nitrogens with one attached hydrogen (secondary N) is 1. The average molecular weight is 534 g/mol. The number of anilines is 1. The molecule has 1 atom stereocenters. The van der Waals surface area contributed by atoms with Gasteiger partial charge in [-0.15, -0.1) is 24.5 Å². The normalized spacial score (nSPS) is 15.6. The van der Waals surface area contributed by atoms with E-state index < -0.39 is 24.3 Å². The maximum absolute atomic E-state index is 12.9. The van der Waals surface area contributed by atoms with E-state index >= 15 is 0 Å². The highest BCUT2D eigenvalue weighted by Crippen LogP contribution is 2.34. The Morgan fingerprint density at radius 3 is 2.54 bits per heavy atom. The summed E-state index contributed by atoms with van der Waals surface area (Å²) in [6, 6.07) is 14.3. The van der Waals surface area contributed by atoms with E-state index in [2.05, 4.69) is 15.2 Å². The number of benzene rings is 2. The zero-order valence-electron chi connectivity index (χ0n) is 19.7. The highest BCUT2D eigenvalue weighted by atomic mass is 32.1. The van der Waals surface area contributed by atoms with Crippen molar-refractivity contribution in [2.45, 2.75) is 32.4 Å². The smallest absolute Gasteiger partial charge is 0.493 e. The molecule has 0 fully saturated rings. The number of methoxy groups -OCH3 is 1. The van der Waals surface area contributed by atoms with E-state index in [-0.39, 0.29) is 29.5 Å². The molecule has 37 heavy (non-hydrogen) atoms. The van der Waals surface area contributed by atoms with Crippen molar-refractivity contribution < 1.29 is 37.0 Å². The lowest BCUT2D eigenvalue weighted by Crippen LogP contribution is -2.41. The van der Waals surface area contributed by atoms with Gasteiger partial charge in [-0.1, -0.05) is 25.1 Å². The number of thiophene rings is 1. The summed E-state index contributed by atoms with van der Waals surface area (Å²) in [6.45, 7) is 1.81. The zero-order chi connectivity index (χ0) is 26.6. The number of alkyl halides is 3. The maximum Gasteiger partial charge on any atom is 0.573 e. The molecule has 194 valence electrons. The van der Waals surface area contributed by atoms with Crippen LogP contribution in [0.5, 0.6) is 11.5 Å². The Kier molecular flexibility index (Phi) is 7.67. The molecule has 1 N–H and O–H groups in total. The lowest BCUT2D eigenvalue weighted by atomic mass is 10.0. The first-order valence-corrected chi connectivity index (χ1v) is 12.0. The third kappa shape index (κ3) is 6.39. The predicted molar refractivity (Wildman–Crippen MR) is 131 cm³/mol. The molecule has 1 unspecified atom stereocenters. The molecule has 2 aromatic carbocycles. The standard InChI is InChI=1S/C25H22F3N3O5S/c1-3-18-22(16-8-11-19(34-2)20(13-16)36-25(26,27)28)30-31(24(33)35-18)14-15-6-9-17(10-7-15)29-23(32)21-5-4-12-37-21/h4-13,18H,3,14H2,1-2H3,(H,29,32). The van der Waals surface area contributed by atoms with E-state index in [1.807, 2.05) is 5.38 Å². The molecule has 3 aromatic rings. The number of nitrogens with zero attached hydrogens (tertiary/aromatic N) is 2. The van der Waals surface area contributed by atoms with E-state index in [1.54, 1.807) is 43.3 Å². The van der Waals surface area contributed by atoms with Crippen LogP contribution in [0, 0.1) is 0 Å². The van der Waals surface area contributed by atoms with E-state index in [1.165, 1.54) is 30.6 Å². The SMILES string of the molecule is CCC1OC(=O)N(Cc2ccc(NC(=O)c3cccs3)cc2)N=C1c1ccc(OC)c(OC(F)(F)F)c1. The minimum atomic E-state index is -4.92. The van der Waals surface area contributed by atoms with Gasteiger partial charge in [0.05, 0.1) is 18.5 Å². The Labute approximate surface area is 214 Å². The lowest BCUT2D eigenvalue weighted by molar-refractivity contribution is -0.275. The van der Waals surface area contributed by atoms with Crippen LogP contribution in [0.2, 0.25) is 0 Å². The Hall–Kier alpha value is -4.06. The predicted octanol–water partition coefficient (Wildman–Crippen LogP) is 6.04. The van der Waals surface area contributed by atoms with Crippen LogP contribution in [0.1, 0.15) is 34.1 Å². The van der Waals surface area contributed by atoms with Gasteiger partial charge in [0, 0.05) is 11.3 Å². The Balaban J connectivity index is 1.55. The Bertz CT molecular complexity index is 1290. The van der Waals surface area contributed by atoms with E-state index in [9.17, 15) is 22.8 Å². The maximum atomic E-state index is 12.9. The van der Waals surface area contributed by atoms with E-state index in [4.69, 9.17) is 9.47 Å². The van der Waals surface area contributed by atoms with Gasteiger partial charge in [0.15, 0.2) is 11.5 Å². The number of hydrogen-bond acceptors (Lipinski definition) is 7. The summed E-state index contributed by atoms with van der Waals surface area (Å²) in [7, 11) is 1.23. The van der Waals surface area contributed by atoms with Crippen LogP contribution < -0.4 is 14.8 Å². The molecule has 0 spiro atoms. The topological polar surface area (TPSA) is 89.5 Å². The van der Waals surface area contributed by atoms with Gasteiger partial charge in [-0.05, 0) is 53.8 Å². The first kappa shape index (κ1) is 26.0. The highest BCUT2D eigenvalue weighted by molar-refractivity contribution is 7.12. The van der Waals surface area contributed by atoms with Gasteiger partial charge in [0.25, 0.3) is 5.91 Å². The second-order valence-corrected chi connectivity index (χ2v) is 8.81. The molecule has 12 heteroatoms. The van der Waals surface area contributed by atoms with Crippen LogP contribution in [-0.4, -0.2) is 42.3 Å². The quantitative estimate of drug-likeness (QED) is 0.381. The third-order valence-corrected chi connectivity index (χ3v) is 6.20. The summed E-state index contributed by atoms with van der Waals surface area (Å²) in [5.41, 5.74) is 1.83. The molecule has 0 radical (unpaired) electrons. The Morgan fingerprint density at radius 2 is 1.92 bits per heavy atom. The van der Waals surface area contributed by atoms with Gasteiger partial charge >= 0.3 is 12.5 Å². The number of halogens is 3. The van der Waals surface area contributed by atoms with Crippen LogP contribution in [0.25, 0.3) is 0 Å². The van der Waals surface area contributed by atoms with Gasteiger partial charge in [-0.3, -0.25) is 4.79 Å². The fourth-order valence-corrected chi connectivity index (χ4v) is 4.22. The molecular weight excluding hydrogens is 511 g/mol. The van der Waals surface area contributed by atoms with Crippen LogP contribution in [0.15, 0.2) is 65.1 Å². The van der Waals surface area contributed by atoms with Crippen LogP contribution >= 0.6 is 11.3 Å². The van der Waals surface area contributed by atoms with Gasteiger partial charge in [0.1, 0.15) is 11.8 Å². The number of cyclic esters (lactones) is 1. The number of carbonyl (C=O) groups is 2. The molecular formula is C25H22F3N3O5S. The van der Waals surface area contributed by atoms with Crippen LogP contribution in [-0.2, 0) is 11.3 Å². The van der Waals surface area contributed by atoms with Crippen LogP contribution in [0.4, 0.5) is 23.7 Å². The molecule has 0 saturated heterocycles. The fraction of sp³-hybridized carbons (Fsp3) is 0.240. The first-order chi connectivity index (χ1) is 17.7. The summed E-state index contributed by atoms with van der Waals surface area (Å²) < 4.78 is 53.3. The first-order valence-electron chi connectivity index (χ1n) is 11.1. The summed E-state index contributed by atoms with van der Waals surface area (Å²) in [5.74, 6) is -0.866. The lowest BCUT2D eigenvalue weighted by Gasteiger charge is -2.29. The van der Waals surface area contributed by atoms with Crippen molar-refractivity contribution in [1.82, 2.24) is 5.01 Å². The van der Waals surface area contributed by atoms with Gasteiger partial charge in [-0.25, -0.2) is 4.79 Å². The monoisotopic (exact) mass is 533 g/mol. The van der Waals surface area contributed by atoms with Gasteiger partial charge < -0.3 is 19.5 Å². The zero-order valence-corrected chi connectivity index (χ0v) is 20.6. The minimum Gasteiger partial charge on any atom is -0.493 e. The van der Waals surface area contributed by atoms with Crippen molar-refractivity contribution in [1.29, 1.82) is 0 Å². The Morgan fingerprint density at radius 1 is 1.16 bits per heavy atom. The molecule has 4 rings (SSSR count). The molecule has 1 aromatic heterocycles. The van der Waals surface area contributed by atoms with Gasteiger partial charge in [0.2, 0.25) is 0 Å². The van der Waals surface area contributed by atoms with Gasteiger partial charge in [-0.2, -0.15) is 10.1 Å². The van der Waals surface area contributed by atoms with E-state index in [0.717, 1.165) is 11.1 Å². The molecule has 1 aliphatic rings. The molecule has 0 aliphatic carbocycles. The number of hydrogen-bond donors (Lipinski definition) is 1. The summed E-state index contributed by atoms with van der Waals surface area (Å²) in [5, 5.41) is 10.1. The molecule has 0 bridgehead atoms. The molecule has 8 nitrogen and oxygen atoms in total. The molecule has 0 saturated carbocycles. The molecule has 2 amide bonds. The van der Waals surface area contributed by atoms with Crippen molar-refractivity contribution in [3.63, 3.8) is 0 Å². The fourth-order valence-electron chi connectivity index (χ4n) is 3.60. The van der Waals surface area contributed by atoms with E-state index in [0.29, 0.717) is 22.5 Å². The second kappa shape index (κ2) is 10.9. The van der Waals surface area contributed by atoms with Crippen molar-refractivity contribution in [3.8, 4) is 11.5 Å². The van der Waals surface area contributed by atoms with Crippen LogP contribution in [0.3, 0.4) is 0 Å². The number of rotatable bonds is 8. The minimum absolute atomic E-state index is 0.0416. The summed E-state index contributed by atoms with van der Waals surface area (Å²) >= 11 is 1.33. The molecule has 2 heterocycles. The number of hydrazone groups is 1.